The highest BCUT2D eigenvalue weighted by atomic mass is 16.7. The molecule has 0 spiro atoms. The fourth-order valence-corrected chi connectivity index (χ4v) is 2.91. The van der Waals surface area contributed by atoms with Crippen LogP contribution in [-0.4, -0.2) is 6.79 Å². The summed E-state index contributed by atoms with van der Waals surface area (Å²) in [6, 6.07) is 23.0. The number of aryl methyl sites for hydroxylation is 1. The minimum atomic E-state index is 0.295. The lowest BCUT2D eigenvalue weighted by Gasteiger charge is -2.10. The van der Waals surface area contributed by atoms with Crippen molar-refractivity contribution in [3.05, 3.63) is 72.3 Å². The Morgan fingerprint density at radius 3 is 2.32 bits per heavy atom. The second-order valence-corrected chi connectivity index (χ2v) is 5.44. The fraction of sp³-hybridized carbons (Fsp3) is 0.100. The molecule has 0 aromatic heterocycles. The zero-order valence-electron chi connectivity index (χ0n) is 12.4. The summed E-state index contributed by atoms with van der Waals surface area (Å²) in [4.78, 5) is 0. The van der Waals surface area contributed by atoms with Gasteiger partial charge in [-0.25, -0.2) is 0 Å². The Kier molecular flexibility index (Phi) is 3.08. The Hall–Kier alpha value is -2.74. The van der Waals surface area contributed by atoms with Crippen molar-refractivity contribution >= 4 is 0 Å². The summed E-state index contributed by atoms with van der Waals surface area (Å²) < 4.78 is 11.1. The molecular formula is C20H16O2. The standard InChI is InChI=1S/C20H16O2/c1-14-6-2-3-9-17(14)15-7-4-8-16(12-15)18-10-5-11-19-20(18)22-13-21-19/h2-12H,13H2,1H3. The number of benzene rings is 3. The van der Waals surface area contributed by atoms with Crippen LogP contribution in [0.25, 0.3) is 22.3 Å². The summed E-state index contributed by atoms with van der Waals surface area (Å²) >= 11 is 0. The van der Waals surface area contributed by atoms with Crippen LogP contribution in [0.3, 0.4) is 0 Å². The lowest BCUT2D eigenvalue weighted by molar-refractivity contribution is 0.174. The van der Waals surface area contributed by atoms with E-state index in [0.717, 1.165) is 22.6 Å². The zero-order chi connectivity index (χ0) is 14.9. The van der Waals surface area contributed by atoms with Gasteiger partial charge in [0.2, 0.25) is 6.79 Å². The molecule has 2 heteroatoms. The first kappa shape index (κ1) is 13.0. The molecule has 3 aromatic rings. The molecule has 0 unspecified atom stereocenters. The van der Waals surface area contributed by atoms with Crippen molar-refractivity contribution in [3.63, 3.8) is 0 Å². The van der Waals surface area contributed by atoms with Crippen LogP contribution in [0.1, 0.15) is 5.56 Å². The van der Waals surface area contributed by atoms with Gasteiger partial charge < -0.3 is 9.47 Å². The molecule has 3 aromatic carbocycles. The second kappa shape index (κ2) is 5.23. The predicted octanol–water partition coefficient (Wildman–Crippen LogP) is 5.06. The third-order valence-corrected chi connectivity index (χ3v) is 4.03. The maximum Gasteiger partial charge on any atom is 0.231 e. The van der Waals surface area contributed by atoms with Crippen LogP contribution in [0.2, 0.25) is 0 Å². The number of para-hydroxylation sites is 1. The van der Waals surface area contributed by atoms with Gasteiger partial charge in [-0.2, -0.15) is 0 Å². The van der Waals surface area contributed by atoms with Crippen molar-refractivity contribution in [2.24, 2.45) is 0 Å². The minimum Gasteiger partial charge on any atom is -0.454 e. The van der Waals surface area contributed by atoms with Crippen LogP contribution in [0.5, 0.6) is 11.5 Å². The van der Waals surface area contributed by atoms with Crippen molar-refractivity contribution in [2.75, 3.05) is 6.79 Å². The topological polar surface area (TPSA) is 18.5 Å². The molecule has 0 fully saturated rings. The molecule has 1 aliphatic rings. The van der Waals surface area contributed by atoms with E-state index in [1.165, 1.54) is 16.7 Å². The van der Waals surface area contributed by atoms with E-state index in [2.05, 4.69) is 61.5 Å². The monoisotopic (exact) mass is 288 g/mol. The molecule has 2 nitrogen and oxygen atoms in total. The maximum atomic E-state index is 5.63. The van der Waals surface area contributed by atoms with E-state index in [9.17, 15) is 0 Å². The first-order chi connectivity index (χ1) is 10.8. The molecule has 0 aliphatic carbocycles. The van der Waals surface area contributed by atoms with E-state index in [4.69, 9.17) is 9.47 Å². The number of ether oxygens (including phenoxy) is 2. The van der Waals surface area contributed by atoms with E-state index in [0.29, 0.717) is 6.79 Å². The number of fused-ring (bicyclic) bond motifs is 1. The van der Waals surface area contributed by atoms with Crippen molar-refractivity contribution in [3.8, 4) is 33.8 Å². The van der Waals surface area contributed by atoms with Crippen LogP contribution >= 0.6 is 0 Å². The molecule has 0 saturated heterocycles. The van der Waals surface area contributed by atoms with Gasteiger partial charge >= 0.3 is 0 Å². The molecule has 0 bridgehead atoms. The molecule has 108 valence electrons. The van der Waals surface area contributed by atoms with Crippen molar-refractivity contribution in [1.82, 2.24) is 0 Å². The molecular weight excluding hydrogens is 272 g/mol. The lowest BCUT2D eigenvalue weighted by atomic mass is 9.96. The average Bonchev–Trinajstić information content (AvgIpc) is 3.04. The maximum absolute atomic E-state index is 5.63. The van der Waals surface area contributed by atoms with E-state index in [-0.39, 0.29) is 0 Å². The smallest absolute Gasteiger partial charge is 0.231 e. The van der Waals surface area contributed by atoms with Gasteiger partial charge in [0.1, 0.15) is 0 Å². The summed E-state index contributed by atoms with van der Waals surface area (Å²) in [5.74, 6) is 1.66. The van der Waals surface area contributed by atoms with E-state index < -0.39 is 0 Å². The van der Waals surface area contributed by atoms with Crippen LogP contribution in [0.4, 0.5) is 0 Å². The van der Waals surface area contributed by atoms with Crippen molar-refractivity contribution in [1.29, 1.82) is 0 Å². The van der Waals surface area contributed by atoms with Gasteiger partial charge in [-0.05, 0) is 41.3 Å². The summed E-state index contributed by atoms with van der Waals surface area (Å²) in [5.41, 5.74) is 5.97. The molecule has 22 heavy (non-hydrogen) atoms. The third-order valence-electron chi connectivity index (χ3n) is 4.03. The molecule has 4 rings (SSSR count). The van der Waals surface area contributed by atoms with Crippen LogP contribution in [-0.2, 0) is 0 Å². The average molecular weight is 288 g/mol. The molecule has 0 radical (unpaired) electrons. The number of hydrogen-bond acceptors (Lipinski definition) is 2. The zero-order valence-corrected chi connectivity index (χ0v) is 12.4. The van der Waals surface area contributed by atoms with Gasteiger partial charge in [0, 0.05) is 5.56 Å². The third kappa shape index (κ3) is 2.13. The Balaban J connectivity index is 1.84. The molecule has 0 N–H and O–H groups in total. The first-order valence-electron chi connectivity index (χ1n) is 7.38. The van der Waals surface area contributed by atoms with Crippen molar-refractivity contribution in [2.45, 2.75) is 6.92 Å². The van der Waals surface area contributed by atoms with Crippen LogP contribution in [0.15, 0.2) is 66.7 Å². The van der Waals surface area contributed by atoms with Gasteiger partial charge in [-0.1, -0.05) is 54.6 Å². The minimum absolute atomic E-state index is 0.295. The van der Waals surface area contributed by atoms with Crippen LogP contribution in [0, 0.1) is 6.92 Å². The largest absolute Gasteiger partial charge is 0.454 e. The Bertz CT molecular complexity index is 837. The van der Waals surface area contributed by atoms with E-state index in [1.54, 1.807) is 0 Å². The predicted molar refractivity (Wildman–Crippen MR) is 88.2 cm³/mol. The summed E-state index contributed by atoms with van der Waals surface area (Å²) in [7, 11) is 0. The molecule has 1 aliphatic heterocycles. The fourth-order valence-electron chi connectivity index (χ4n) is 2.91. The SMILES string of the molecule is Cc1ccccc1-c1cccc(-c2cccc3c2OCO3)c1. The summed E-state index contributed by atoms with van der Waals surface area (Å²) in [6.45, 7) is 2.43. The first-order valence-corrected chi connectivity index (χ1v) is 7.38. The Labute approximate surface area is 129 Å². The van der Waals surface area contributed by atoms with Crippen molar-refractivity contribution < 1.29 is 9.47 Å². The Morgan fingerprint density at radius 1 is 0.727 bits per heavy atom. The van der Waals surface area contributed by atoms with Gasteiger partial charge in [0.25, 0.3) is 0 Å². The quantitative estimate of drug-likeness (QED) is 0.656. The lowest BCUT2D eigenvalue weighted by Crippen LogP contribution is -1.93. The van der Waals surface area contributed by atoms with E-state index >= 15 is 0 Å². The Morgan fingerprint density at radius 2 is 1.45 bits per heavy atom. The molecule has 0 saturated carbocycles. The second-order valence-electron chi connectivity index (χ2n) is 5.44. The van der Waals surface area contributed by atoms with Gasteiger partial charge in [-0.3, -0.25) is 0 Å². The highest BCUT2D eigenvalue weighted by Crippen LogP contribution is 2.41. The van der Waals surface area contributed by atoms with Gasteiger partial charge in [0.15, 0.2) is 11.5 Å². The van der Waals surface area contributed by atoms with Gasteiger partial charge in [0.05, 0.1) is 0 Å². The molecule has 0 atom stereocenters. The summed E-state index contributed by atoms with van der Waals surface area (Å²) in [5, 5.41) is 0. The number of hydrogen-bond donors (Lipinski definition) is 0. The molecule has 0 amide bonds. The van der Waals surface area contributed by atoms with Crippen LogP contribution < -0.4 is 9.47 Å². The summed E-state index contributed by atoms with van der Waals surface area (Å²) in [6.07, 6.45) is 0. The van der Waals surface area contributed by atoms with E-state index in [1.807, 2.05) is 12.1 Å². The van der Waals surface area contributed by atoms with Gasteiger partial charge in [-0.15, -0.1) is 0 Å². The highest BCUT2D eigenvalue weighted by Gasteiger charge is 2.18. The molecule has 1 heterocycles. The normalized spacial score (nSPS) is 12.4. The number of rotatable bonds is 2. The highest BCUT2D eigenvalue weighted by molar-refractivity contribution is 5.79.